The van der Waals surface area contributed by atoms with Gasteiger partial charge < -0.3 is 5.32 Å². The molecule has 1 N–H and O–H groups in total. The Morgan fingerprint density at radius 1 is 1.12 bits per heavy atom. The van der Waals surface area contributed by atoms with Gasteiger partial charge in [0.25, 0.3) is 0 Å². The van der Waals surface area contributed by atoms with E-state index in [1.165, 1.54) is 35.3 Å². The maximum absolute atomic E-state index is 12.7. The van der Waals surface area contributed by atoms with Gasteiger partial charge in [0, 0.05) is 11.8 Å². The van der Waals surface area contributed by atoms with Crippen LogP contribution in [0.5, 0.6) is 0 Å². The van der Waals surface area contributed by atoms with E-state index < -0.39 is 17.6 Å². The van der Waals surface area contributed by atoms with E-state index in [9.17, 15) is 18.0 Å². The highest BCUT2D eigenvalue weighted by Crippen LogP contribution is 2.29. The number of hydrogen-bond donors (Lipinski definition) is 1. The Balaban J connectivity index is 1.70. The van der Waals surface area contributed by atoms with Gasteiger partial charge in [-0.1, -0.05) is 18.2 Å². The fraction of sp³-hybridized carbons (Fsp3) is 0.0588. The zero-order chi connectivity index (χ0) is 18.6. The van der Waals surface area contributed by atoms with Gasteiger partial charge in [0.2, 0.25) is 5.91 Å². The molecule has 0 bridgehead atoms. The van der Waals surface area contributed by atoms with Crippen LogP contribution in [-0.4, -0.2) is 26.1 Å². The van der Waals surface area contributed by atoms with Crippen molar-refractivity contribution in [1.82, 2.24) is 20.2 Å². The Morgan fingerprint density at radius 2 is 1.92 bits per heavy atom. The lowest BCUT2D eigenvalue weighted by atomic mass is 10.1. The third-order valence-electron chi connectivity index (χ3n) is 3.37. The summed E-state index contributed by atoms with van der Waals surface area (Å²) in [5.41, 5.74) is 0.651. The number of carbonyl (C=O) groups is 1. The Labute approximate surface area is 146 Å². The summed E-state index contributed by atoms with van der Waals surface area (Å²) in [5.74, 6) is -0.476. The molecular weight excluding hydrogens is 347 g/mol. The normalized spacial score (nSPS) is 11.7. The molecule has 0 spiro atoms. The lowest BCUT2D eigenvalue weighted by Gasteiger charge is -2.07. The summed E-state index contributed by atoms with van der Waals surface area (Å²) in [4.78, 5) is 12.0. The molecule has 0 aliphatic rings. The van der Waals surface area contributed by atoms with Crippen molar-refractivity contribution < 1.29 is 18.0 Å². The van der Waals surface area contributed by atoms with Crippen LogP contribution in [0.2, 0.25) is 0 Å². The first-order chi connectivity index (χ1) is 12.4. The maximum atomic E-state index is 12.7. The predicted octanol–water partition coefficient (Wildman–Crippen LogP) is 3.33. The molecule has 0 fully saturated rings. The second kappa shape index (κ2) is 7.18. The van der Waals surface area contributed by atoms with Crippen LogP contribution in [0.3, 0.4) is 0 Å². The van der Waals surface area contributed by atoms with Gasteiger partial charge in [-0.3, -0.25) is 4.79 Å². The Kier molecular flexibility index (Phi) is 4.78. The summed E-state index contributed by atoms with van der Waals surface area (Å²) < 4.78 is 39.5. The number of halogens is 3. The first-order valence-corrected chi connectivity index (χ1v) is 7.41. The minimum absolute atomic E-state index is 0.275. The van der Waals surface area contributed by atoms with Crippen molar-refractivity contribution in [3.05, 3.63) is 72.1 Å². The smallest absolute Gasteiger partial charge is 0.322 e. The third-order valence-corrected chi connectivity index (χ3v) is 3.37. The number of benzene rings is 2. The molecule has 1 aromatic heterocycles. The molecule has 0 atom stereocenters. The quantitative estimate of drug-likeness (QED) is 0.725. The largest absolute Gasteiger partial charge is 0.416 e. The monoisotopic (exact) mass is 359 g/mol. The standard InChI is InChI=1S/C17H12F3N5O/c18-17(19,20)13-4-1-3-12(9-13)7-8-16(26)22-14-5-2-6-15(10-14)25-11-21-23-24-25/h1-11H,(H,22,26). The van der Waals surface area contributed by atoms with Crippen molar-refractivity contribution in [2.24, 2.45) is 0 Å². The third kappa shape index (κ3) is 4.32. The zero-order valence-electron chi connectivity index (χ0n) is 13.2. The van der Waals surface area contributed by atoms with Crippen LogP contribution in [-0.2, 0) is 11.0 Å². The molecular formula is C17H12F3N5O. The summed E-state index contributed by atoms with van der Waals surface area (Å²) in [5, 5.41) is 13.4. The molecule has 26 heavy (non-hydrogen) atoms. The second-order valence-corrected chi connectivity index (χ2v) is 5.25. The fourth-order valence-electron chi connectivity index (χ4n) is 2.18. The van der Waals surface area contributed by atoms with Crippen LogP contribution in [0.4, 0.5) is 18.9 Å². The minimum atomic E-state index is -4.43. The van der Waals surface area contributed by atoms with E-state index in [0.29, 0.717) is 11.4 Å². The summed E-state index contributed by atoms with van der Waals surface area (Å²) >= 11 is 0. The number of hydrogen-bond acceptors (Lipinski definition) is 4. The molecule has 0 saturated carbocycles. The van der Waals surface area contributed by atoms with Crippen LogP contribution in [0, 0.1) is 0 Å². The number of aromatic nitrogens is 4. The lowest BCUT2D eigenvalue weighted by Crippen LogP contribution is -2.08. The number of rotatable bonds is 4. The number of nitrogens with zero attached hydrogens (tertiary/aromatic N) is 4. The Hall–Kier alpha value is -3.49. The SMILES string of the molecule is O=C(C=Cc1cccc(C(F)(F)F)c1)Nc1cccc(-n2cnnn2)c1. The molecule has 6 nitrogen and oxygen atoms in total. The van der Waals surface area contributed by atoms with Crippen LogP contribution in [0.25, 0.3) is 11.8 Å². The summed E-state index contributed by atoms with van der Waals surface area (Å²) in [6.07, 6.45) is -0.536. The van der Waals surface area contributed by atoms with Gasteiger partial charge in [0.15, 0.2) is 0 Å². The molecule has 3 aromatic rings. The van der Waals surface area contributed by atoms with Gasteiger partial charge in [0.05, 0.1) is 11.3 Å². The van der Waals surface area contributed by atoms with Crippen LogP contribution < -0.4 is 5.32 Å². The van der Waals surface area contributed by atoms with E-state index in [0.717, 1.165) is 12.1 Å². The molecule has 3 rings (SSSR count). The molecule has 0 unspecified atom stereocenters. The Morgan fingerprint density at radius 3 is 2.65 bits per heavy atom. The summed E-state index contributed by atoms with van der Waals surface area (Å²) in [7, 11) is 0. The predicted molar refractivity (Wildman–Crippen MR) is 88.3 cm³/mol. The van der Waals surface area contributed by atoms with E-state index >= 15 is 0 Å². The van der Waals surface area contributed by atoms with E-state index in [4.69, 9.17) is 0 Å². The van der Waals surface area contributed by atoms with Gasteiger partial charge >= 0.3 is 6.18 Å². The van der Waals surface area contributed by atoms with Crippen molar-refractivity contribution in [1.29, 1.82) is 0 Å². The van der Waals surface area contributed by atoms with Crippen LogP contribution >= 0.6 is 0 Å². The van der Waals surface area contributed by atoms with E-state index in [1.54, 1.807) is 24.3 Å². The molecule has 132 valence electrons. The maximum Gasteiger partial charge on any atom is 0.416 e. The van der Waals surface area contributed by atoms with Crippen molar-refractivity contribution >= 4 is 17.7 Å². The average molecular weight is 359 g/mol. The van der Waals surface area contributed by atoms with Crippen molar-refractivity contribution in [2.45, 2.75) is 6.18 Å². The molecule has 0 saturated heterocycles. The van der Waals surface area contributed by atoms with E-state index in [-0.39, 0.29) is 5.56 Å². The highest BCUT2D eigenvalue weighted by molar-refractivity contribution is 6.02. The van der Waals surface area contributed by atoms with Crippen molar-refractivity contribution in [3.8, 4) is 5.69 Å². The highest BCUT2D eigenvalue weighted by atomic mass is 19.4. The van der Waals surface area contributed by atoms with Gasteiger partial charge in [-0.05, 0) is 52.4 Å². The molecule has 0 aliphatic carbocycles. The highest BCUT2D eigenvalue weighted by Gasteiger charge is 2.30. The van der Waals surface area contributed by atoms with Crippen LogP contribution in [0.1, 0.15) is 11.1 Å². The Bertz CT molecular complexity index is 936. The molecule has 2 aromatic carbocycles. The minimum Gasteiger partial charge on any atom is -0.322 e. The van der Waals surface area contributed by atoms with Gasteiger partial charge in [-0.25, -0.2) is 4.68 Å². The fourth-order valence-corrected chi connectivity index (χ4v) is 2.18. The summed E-state index contributed by atoms with van der Waals surface area (Å²) in [6.45, 7) is 0. The molecule has 9 heteroatoms. The van der Waals surface area contributed by atoms with Gasteiger partial charge in [0.1, 0.15) is 6.33 Å². The van der Waals surface area contributed by atoms with Gasteiger partial charge in [-0.2, -0.15) is 13.2 Å². The number of tetrazole rings is 1. The van der Waals surface area contributed by atoms with Gasteiger partial charge in [-0.15, -0.1) is 5.10 Å². The molecule has 1 amide bonds. The van der Waals surface area contributed by atoms with E-state index in [1.807, 2.05) is 0 Å². The molecule has 1 heterocycles. The second-order valence-electron chi connectivity index (χ2n) is 5.25. The zero-order valence-corrected chi connectivity index (χ0v) is 13.2. The van der Waals surface area contributed by atoms with E-state index in [2.05, 4.69) is 20.8 Å². The first kappa shape index (κ1) is 17.3. The topological polar surface area (TPSA) is 72.7 Å². The van der Waals surface area contributed by atoms with Crippen LogP contribution in [0.15, 0.2) is 60.9 Å². The number of nitrogens with one attached hydrogen (secondary N) is 1. The van der Waals surface area contributed by atoms with Crippen molar-refractivity contribution in [2.75, 3.05) is 5.32 Å². The average Bonchev–Trinajstić information content (AvgIpc) is 3.14. The lowest BCUT2D eigenvalue weighted by molar-refractivity contribution is -0.137. The summed E-state index contributed by atoms with van der Waals surface area (Å²) in [6, 6.07) is 11.5. The number of alkyl halides is 3. The molecule has 0 radical (unpaired) electrons. The first-order valence-electron chi connectivity index (χ1n) is 7.41. The number of amides is 1. The van der Waals surface area contributed by atoms with Crippen molar-refractivity contribution in [3.63, 3.8) is 0 Å². The molecule has 0 aliphatic heterocycles. The number of anilines is 1. The number of carbonyl (C=O) groups excluding carboxylic acids is 1.